The molecule has 1 aromatic heterocycles. The van der Waals surface area contributed by atoms with Gasteiger partial charge >= 0.3 is 0 Å². The van der Waals surface area contributed by atoms with Crippen LogP contribution >= 0.6 is 33.9 Å². The molecule has 0 unspecified atom stereocenters. The lowest BCUT2D eigenvalue weighted by molar-refractivity contribution is 0.103. The molecule has 0 saturated heterocycles. The molecule has 1 aromatic rings. The number of rotatable bonds is 2. The van der Waals surface area contributed by atoms with E-state index >= 15 is 0 Å². The Kier molecular flexibility index (Phi) is 3.97. The second-order valence-electron chi connectivity index (χ2n) is 3.80. The van der Waals surface area contributed by atoms with Crippen LogP contribution in [0.3, 0.4) is 0 Å². The molecule has 0 aliphatic heterocycles. The van der Waals surface area contributed by atoms with Gasteiger partial charge in [0.2, 0.25) is 0 Å². The third-order valence-electron chi connectivity index (χ3n) is 2.66. The second-order valence-corrected chi connectivity index (χ2v) is 6.60. The van der Waals surface area contributed by atoms with Crippen LogP contribution in [0.25, 0.3) is 0 Å². The van der Waals surface area contributed by atoms with Gasteiger partial charge < -0.3 is 0 Å². The summed E-state index contributed by atoms with van der Waals surface area (Å²) in [5.74, 6) is 0.246. The Hall–Kier alpha value is -0.160. The van der Waals surface area contributed by atoms with E-state index in [2.05, 4.69) is 28.7 Å². The molecule has 1 heterocycles. The minimum absolute atomic E-state index is 0.246. The van der Waals surface area contributed by atoms with Gasteiger partial charge in [0.25, 0.3) is 0 Å². The quantitative estimate of drug-likeness (QED) is 0.579. The average Bonchev–Trinajstić information content (AvgIpc) is 2.53. The number of carbonyl (C=O) groups excluding carboxylic acids is 1. The van der Waals surface area contributed by atoms with Crippen LogP contribution < -0.4 is 0 Å². The summed E-state index contributed by atoms with van der Waals surface area (Å²) in [6.45, 7) is 0. The summed E-state index contributed by atoms with van der Waals surface area (Å²) in [4.78, 5) is 12.1. The van der Waals surface area contributed by atoms with E-state index in [4.69, 9.17) is 0 Å². The number of hydrogen-bond donors (Lipinski definition) is 0. The number of hydrogen-bond acceptors (Lipinski definition) is 2. The lowest BCUT2D eigenvalue weighted by atomic mass is 10.0. The Morgan fingerprint density at radius 1 is 1.33 bits per heavy atom. The van der Waals surface area contributed by atoms with E-state index in [1.807, 2.05) is 11.4 Å². The molecule has 0 N–H and O–H groups in total. The van der Waals surface area contributed by atoms with Crippen molar-refractivity contribution in [1.82, 2.24) is 0 Å². The number of allylic oxidation sites excluding steroid dienone is 2. The molecule has 0 amide bonds. The number of carbonyl (C=O) groups is 1. The van der Waals surface area contributed by atoms with Crippen molar-refractivity contribution in [3.05, 3.63) is 31.5 Å². The first kappa shape index (κ1) is 11.3. The summed E-state index contributed by atoms with van der Waals surface area (Å²) < 4.78 is 1.19. The van der Waals surface area contributed by atoms with Crippen LogP contribution in [-0.4, -0.2) is 5.78 Å². The van der Waals surface area contributed by atoms with Crippen LogP contribution in [0, 0.1) is 2.88 Å². The Bertz CT molecular complexity index is 392. The van der Waals surface area contributed by atoms with Crippen molar-refractivity contribution in [3.8, 4) is 0 Å². The predicted molar refractivity (Wildman–Crippen MR) is 72.5 cm³/mol. The fourth-order valence-electron chi connectivity index (χ4n) is 1.84. The van der Waals surface area contributed by atoms with E-state index in [0.29, 0.717) is 0 Å². The molecule has 0 atom stereocenters. The zero-order valence-electron chi connectivity index (χ0n) is 8.46. The molecule has 1 aliphatic carbocycles. The third kappa shape index (κ3) is 2.91. The van der Waals surface area contributed by atoms with Crippen molar-refractivity contribution in [3.63, 3.8) is 0 Å². The van der Waals surface area contributed by atoms with Gasteiger partial charge in [-0.1, -0.05) is 12.5 Å². The maximum absolute atomic E-state index is 12.1. The minimum atomic E-state index is 0.246. The van der Waals surface area contributed by atoms with Gasteiger partial charge in [-0.25, -0.2) is 0 Å². The molecule has 0 saturated carbocycles. The minimum Gasteiger partial charge on any atom is -0.289 e. The van der Waals surface area contributed by atoms with Gasteiger partial charge in [-0.3, -0.25) is 4.79 Å². The van der Waals surface area contributed by atoms with E-state index in [1.54, 1.807) is 11.3 Å². The average molecular weight is 332 g/mol. The third-order valence-corrected chi connectivity index (χ3v) is 4.45. The van der Waals surface area contributed by atoms with Gasteiger partial charge in [0.15, 0.2) is 5.78 Å². The number of thiophene rings is 1. The molecule has 0 bridgehead atoms. The van der Waals surface area contributed by atoms with Gasteiger partial charge in [-0.2, -0.15) is 0 Å². The summed E-state index contributed by atoms with van der Waals surface area (Å²) in [5.41, 5.74) is 1.90. The first-order valence-electron chi connectivity index (χ1n) is 5.25. The molecule has 0 fully saturated rings. The summed E-state index contributed by atoms with van der Waals surface area (Å²) >= 11 is 3.90. The smallest absolute Gasteiger partial charge is 0.189 e. The number of Topliss-reactive ketones (excluding diaryl/α,β-unsaturated/α-hetero) is 1. The molecule has 1 aliphatic rings. The van der Waals surface area contributed by atoms with E-state index < -0.39 is 0 Å². The van der Waals surface area contributed by atoms with Crippen LogP contribution in [0.2, 0.25) is 0 Å². The molecule has 1 nitrogen and oxygen atoms in total. The first-order valence-corrected chi connectivity index (χ1v) is 7.21. The summed E-state index contributed by atoms with van der Waals surface area (Å²) in [6.07, 6.45) is 7.83. The summed E-state index contributed by atoms with van der Waals surface area (Å²) in [6, 6.07) is 1.99. The van der Waals surface area contributed by atoms with E-state index in [9.17, 15) is 4.79 Å². The molecular formula is C12H13IOS. The van der Waals surface area contributed by atoms with Crippen LogP contribution in [0.4, 0.5) is 0 Å². The highest BCUT2D eigenvalue weighted by Crippen LogP contribution is 2.24. The fraction of sp³-hybridized carbons (Fsp3) is 0.417. The highest BCUT2D eigenvalue weighted by molar-refractivity contribution is 14.1. The van der Waals surface area contributed by atoms with Crippen molar-refractivity contribution < 1.29 is 4.79 Å². The van der Waals surface area contributed by atoms with Crippen molar-refractivity contribution in [1.29, 1.82) is 0 Å². The van der Waals surface area contributed by atoms with E-state index in [-0.39, 0.29) is 5.78 Å². The first-order chi connectivity index (χ1) is 7.27. The lowest BCUT2D eigenvalue weighted by Crippen LogP contribution is -2.01. The van der Waals surface area contributed by atoms with E-state index in [0.717, 1.165) is 24.0 Å². The highest BCUT2D eigenvalue weighted by Gasteiger charge is 2.14. The Morgan fingerprint density at radius 2 is 2.20 bits per heavy atom. The molecule has 2 rings (SSSR count). The summed E-state index contributed by atoms with van der Waals surface area (Å²) in [7, 11) is 0. The summed E-state index contributed by atoms with van der Waals surface area (Å²) in [5, 5.41) is 1.97. The molecular weight excluding hydrogens is 319 g/mol. The van der Waals surface area contributed by atoms with Gasteiger partial charge in [0.1, 0.15) is 0 Å². The fourth-order valence-corrected chi connectivity index (χ4v) is 3.16. The maximum Gasteiger partial charge on any atom is 0.189 e. The Morgan fingerprint density at radius 3 is 2.93 bits per heavy atom. The normalized spacial score (nSPS) is 17.0. The van der Waals surface area contributed by atoms with Crippen molar-refractivity contribution in [2.24, 2.45) is 0 Å². The van der Waals surface area contributed by atoms with Crippen molar-refractivity contribution >= 4 is 39.7 Å². The van der Waals surface area contributed by atoms with Gasteiger partial charge in [-0.05, 0) is 59.9 Å². The zero-order valence-corrected chi connectivity index (χ0v) is 11.4. The lowest BCUT2D eigenvalue weighted by Gasteiger charge is -2.01. The van der Waals surface area contributed by atoms with Gasteiger partial charge in [0, 0.05) is 10.9 Å². The van der Waals surface area contributed by atoms with Crippen LogP contribution in [0.1, 0.15) is 42.5 Å². The van der Waals surface area contributed by atoms with Gasteiger partial charge in [-0.15, -0.1) is 11.3 Å². The Labute approximate surface area is 108 Å². The molecule has 3 heteroatoms. The topological polar surface area (TPSA) is 17.1 Å². The Balaban J connectivity index is 2.16. The SMILES string of the molecule is O=C(C1=CCCCCC1)c1csc(I)c1. The standard InChI is InChI=1S/C12H13IOS/c13-11-7-10(8-15-11)12(14)9-5-3-1-2-4-6-9/h5,7-8H,1-4,6H2. The molecule has 80 valence electrons. The largest absolute Gasteiger partial charge is 0.289 e. The number of halogens is 1. The van der Waals surface area contributed by atoms with Crippen LogP contribution in [0.5, 0.6) is 0 Å². The predicted octanol–water partition coefficient (Wildman–Crippen LogP) is 4.43. The number of ketones is 1. The molecule has 15 heavy (non-hydrogen) atoms. The maximum atomic E-state index is 12.1. The second kappa shape index (κ2) is 5.25. The zero-order chi connectivity index (χ0) is 10.7. The van der Waals surface area contributed by atoms with Crippen molar-refractivity contribution in [2.45, 2.75) is 32.1 Å². The highest BCUT2D eigenvalue weighted by atomic mass is 127. The van der Waals surface area contributed by atoms with Crippen LogP contribution in [0.15, 0.2) is 23.1 Å². The van der Waals surface area contributed by atoms with Gasteiger partial charge in [0.05, 0.1) is 2.88 Å². The molecule has 0 spiro atoms. The van der Waals surface area contributed by atoms with E-state index in [1.165, 1.54) is 22.1 Å². The monoisotopic (exact) mass is 332 g/mol. The van der Waals surface area contributed by atoms with Crippen molar-refractivity contribution in [2.75, 3.05) is 0 Å². The molecule has 0 aromatic carbocycles. The van der Waals surface area contributed by atoms with Crippen LogP contribution in [-0.2, 0) is 0 Å². The molecule has 0 radical (unpaired) electrons.